The maximum absolute atomic E-state index is 13.0. The average Bonchev–Trinajstić information content (AvgIpc) is 3.20. The lowest BCUT2D eigenvalue weighted by Gasteiger charge is -2.34. The van der Waals surface area contributed by atoms with E-state index in [0.29, 0.717) is 30.5 Å². The Morgan fingerprint density at radius 1 is 1.09 bits per heavy atom. The van der Waals surface area contributed by atoms with E-state index in [2.05, 4.69) is 40.4 Å². The number of hydrogen-bond donors (Lipinski definition) is 2. The molecule has 8 nitrogen and oxygen atoms in total. The molecule has 0 unspecified atom stereocenters. The van der Waals surface area contributed by atoms with E-state index in [0.717, 1.165) is 24.0 Å². The van der Waals surface area contributed by atoms with E-state index in [1.807, 2.05) is 41.3 Å². The van der Waals surface area contributed by atoms with Crippen LogP contribution in [-0.2, 0) is 10.1 Å². The van der Waals surface area contributed by atoms with Crippen molar-refractivity contribution in [3.8, 4) is 6.07 Å². The van der Waals surface area contributed by atoms with Gasteiger partial charge in [-0.05, 0) is 23.9 Å². The Morgan fingerprint density at radius 2 is 1.75 bits per heavy atom. The Bertz CT molecular complexity index is 1240. The van der Waals surface area contributed by atoms with Gasteiger partial charge in [0.2, 0.25) is 0 Å². The van der Waals surface area contributed by atoms with Crippen molar-refractivity contribution >= 4 is 33.0 Å². The molecule has 1 aromatic heterocycles. The van der Waals surface area contributed by atoms with Crippen LogP contribution in [-0.4, -0.2) is 66.1 Å². The predicted molar refractivity (Wildman–Crippen MR) is 123 cm³/mol. The largest absolute Gasteiger partial charge is 0.374 e. The molecular formula is C23H24N4O4S. The van der Waals surface area contributed by atoms with Crippen LogP contribution in [0, 0.1) is 11.3 Å². The summed E-state index contributed by atoms with van der Waals surface area (Å²) in [5.41, 5.74) is 3.10. The van der Waals surface area contributed by atoms with Crippen molar-refractivity contribution in [3.63, 3.8) is 0 Å². The normalized spacial score (nSPS) is 14.2. The van der Waals surface area contributed by atoms with Gasteiger partial charge in [-0.1, -0.05) is 42.5 Å². The molecule has 2 N–H and O–H groups in total. The van der Waals surface area contributed by atoms with E-state index in [1.54, 1.807) is 6.20 Å². The third-order valence-electron chi connectivity index (χ3n) is 4.95. The van der Waals surface area contributed by atoms with Crippen molar-refractivity contribution in [2.24, 2.45) is 0 Å². The summed E-state index contributed by atoms with van der Waals surface area (Å²) in [5, 5.41) is 9.99. The number of H-pyrrole nitrogens is 1. The van der Waals surface area contributed by atoms with E-state index in [1.165, 1.54) is 5.56 Å². The van der Waals surface area contributed by atoms with E-state index >= 15 is 0 Å². The van der Waals surface area contributed by atoms with Gasteiger partial charge < -0.3 is 14.8 Å². The maximum Gasteiger partial charge on any atom is 0.261 e. The predicted octanol–water partition coefficient (Wildman–Crippen LogP) is 2.97. The first-order valence-corrected chi connectivity index (χ1v) is 11.8. The first-order chi connectivity index (χ1) is 15.3. The molecular weight excluding hydrogens is 428 g/mol. The second-order valence-corrected chi connectivity index (χ2v) is 8.80. The highest BCUT2D eigenvalue weighted by atomic mass is 32.2. The van der Waals surface area contributed by atoms with Crippen molar-refractivity contribution in [2.45, 2.75) is 0 Å². The zero-order valence-corrected chi connectivity index (χ0v) is 18.4. The Balaban J connectivity index is 0.000000523. The van der Waals surface area contributed by atoms with Crippen molar-refractivity contribution in [1.82, 2.24) is 14.8 Å². The van der Waals surface area contributed by atoms with Crippen LogP contribution in [0.15, 0.2) is 60.9 Å². The third-order valence-corrected chi connectivity index (χ3v) is 4.95. The quantitative estimate of drug-likeness (QED) is 0.590. The summed E-state index contributed by atoms with van der Waals surface area (Å²) in [6, 6.07) is 17.9. The van der Waals surface area contributed by atoms with Crippen LogP contribution in [0.3, 0.4) is 0 Å². The topological polar surface area (TPSA) is 117 Å². The molecule has 4 rings (SSSR count). The molecule has 1 aliphatic rings. The molecule has 2 heterocycles. The fraction of sp³-hybridized carbons (Fsp3) is 0.217. The fourth-order valence-corrected chi connectivity index (χ4v) is 3.43. The summed E-state index contributed by atoms with van der Waals surface area (Å²) < 4.78 is 25.9. The first-order valence-electron chi connectivity index (χ1n) is 9.95. The van der Waals surface area contributed by atoms with Crippen molar-refractivity contribution < 1.29 is 17.8 Å². The standard InChI is InChI=1S/C22H20N4O.CH4O3S/c23-15-18-16-24-21-19(18)7-4-8-20(21)22(27)26-13-11-25(12-14-26)10-9-17-5-2-1-3-6-17;1-5(2,3)4/h1-10,16,24H,11-14H2;1H3,(H,2,3,4). The highest BCUT2D eigenvalue weighted by Crippen LogP contribution is 2.23. The van der Waals surface area contributed by atoms with Crippen LogP contribution in [0.25, 0.3) is 17.0 Å². The summed E-state index contributed by atoms with van der Waals surface area (Å²) in [5.74, 6) is 0.0126. The SMILES string of the molecule is CS(=O)(=O)O.N#Cc1c[nH]c2c(C(=O)N3CCN(C=Cc4ccccc4)CC3)cccc12. The van der Waals surface area contributed by atoms with Gasteiger partial charge in [0.05, 0.1) is 22.9 Å². The van der Waals surface area contributed by atoms with Crippen LogP contribution in [0.4, 0.5) is 0 Å². The highest BCUT2D eigenvalue weighted by Gasteiger charge is 2.23. The summed E-state index contributed by atoms with van der Waals surface area (Å²) in [4.78, 5) is 20.2. The van der Waals surface area contributed by atoms with Crippen LogP contribution < -0.4 is 0 Å². The number of benzene rings is 2. The maximum atomic E-state index is 13.0. The Kier molecular flexibility index (Phi) is 7.30. The minimum Gasteiger partial charge on any atom is -0.374 e. The van der Waals surface area contributed by atoms with Crippen molar-refractivity contribution in [1.29, 1.82) is 5.26 Å². The molecule has 3 aromatic rings. The van der Waals surface area contributed by atoms with Crippen molar-refractivity contribution in [3.05, 3.63) is 77.6 Å². The molecule has 0 aliphatic carbocycles. The smallest absolute Gasteiger partial charge is 0.261 e. The van der Waals surface area contributed by atoms with Gasteiger partial charge in [0.25, 0.3) is 16.0 Å². The molecule has 0 spiro atoms. The first kappa shape index (κ1) is 23.1. The lowest BCUT2D eigenvalue weighted by Crippen LogP contribution is -2.46. The van der Waals surface area contributed by atoms with Gasteiger partial charge in [-0.25, -0.2) is 0 Å². The minimum atomic E-state index is -3.67. The number of aromatic amines is 1. The van der Waals surface area contributed by atoms with Crippen LogP contribution in [0.5, 0.6) is 0 Å². The van der Waals surface area contributed by atoms with Crippen LogP contribution in [0.2, 0.25) is 0 Å². The number of carbonyl (C=O) groups excluding carboxylic acids is 1. The van der Waals surface area contributed by atoms with Gasteiger partial charge in [0.15, 0.2) is 0 Å². The number of nitrogens with zero attached hydrogens (tertiary/aromatic N) is 3. The average molecular weight is 453 g/mol. The number of aromatic nitrogens is 1. The minimum absolute atomic E-state index is 0.0126. The van der Waals surface area contributed by atoms with Gasteiger partial charge in [-0.2, -0.15) is 13.7 Å². The summed E-state index contributed by atoms with van der Waals surface area (Å²) in [6.07, 6.45) is 6.57. The molecule has 9 heteroatoms. The van der Waals surface area contributed by atoms with Gasteiger partial charge in [0, 0.05) is 37.8 Å². The van der Waals surface area contributed by atoms with Crippen LogP contribution >= 0.6 is 0 Å². The van der Waals surface area contributed by atoms with Crippen LogP contribution in [0.1, 0.15) is 21.5 Å². The fourth-order valence-electron chi connectivity index (χ4n) is 3.43. The van der Waals surface area contributed by atoms with E-state index in [-0.39, 0.29) is 5.91 Å². The molecule has 166 valence electrons. The number of para-hydroxylation sites is 1. The molecule has 2 aromatic carbocycles. The number of hydrogen-bond acceptors (Lipinski definition) is 5. The second kappa shape index (κ2) is 10.1. The lowest BCUT2D eigenvalue weighted by molar-refractivity contribution is 0.0681. The highest BCUT2D eigenvalue weighted by molar-refractivity contribution is 7.85. The van der Waals surface area contributed by atoms with E-state index in [9.17, 15) is 18.5 Å². The van der Waals surface area contributed by atoms with Crippen molar-refractivity contribution in [2.75, 3.05) is 32.4 Å². The number of amides is 1. The number of nitriles is 1. The Morgan fingerprint density at radius 3 is 2.38 bits per heavy atom. The number of fused-ring (bicyclic) bond motifs is 1. The third kappa shape index (κ3) is 6.20. The summed E-state index contributed by atoms with van der Waals surface area (Å²) in [7, 11) is -3.67. The number of piperazine rings is 1. The molecule has 0 atom stereocenters. The molecule has 1 aliphatic heterocycles. The molecule has 32 heavy (non-hydrogen) atoms. The zero-order chi connectivity index (χ0) is 23.1. The lowest BCUT2D eigenvalue weighted by atomic mass is 10.1. The van der Waals surface area contributed by atoms with Gasteiger partial charge in [-0.3, -0.25) is 9.35 Å². The molecule has 1 saturated heterocycles. The second-order valence-electron chi connectivity index (χ2n) is 7.33. The molecule has 0 saturated carbocycles. The zero-order valence-electron chi connectivity index (χ0n) is 17.6. The number of carbonyl (C=O) groups is 1. The number of rotatable bonds is 3. The van der Waals surface area contributed by atoms with E-state index in [4.69, 9.17) is 4.55 Å². The summed E-state index contributed by atoms with van der Waals surface area (Å²) >= 11 is 0. The molecule has 0 bridgehead atoms. The molecule has 0 radical (unpaired) electrons. The Hall–Kier alpha value is -3.61. The van der Waals surface area contributed by atoms with Gasteiger partial charge in [0.1, 0.15) is 6.07 Å². The van der Waals surface area contributed by atoms with E-state index < -0.39 is 10.1 Å². The molecule has 1 amide bonds. The summed E-state index contributed by atoms with van der Waals surface area (Å²) in [6.45, 7) is 2.97. The van der Waals surface area contributed by atoms with Gasteiger partial charge >= 0.3 is 0 Å². The number of nitrogens with one attached hydrogen (secondary N) is 1. The van der Waals surface area contributed by atoms with Gasteiger partial charge in [-0.15, -0.1) is 0 Å². The monoisotopic (exact) mass is 452 g/mol. The molecule has 1 fully saturated rings. The Labute approximate surface area is 187 Å².